The molecule has 0 aromatic heterocycles. The first-order valence-electron chi connectivity index (χ1n) is 3.32. The van der Waals surface area contributed by atoms with E-state index < -0.39 is 0 Å². The van der Waals surface area contributed by atoms with Gasteiger partial charge in [-0.2, -0.15) is 0 Å². The summed E-state index contributed by atoms with van der Waals surface area (Å²) >= 11 is 0. The second-order valence-corrected chi connectivity index (χ2v) is 1.96. The lowest BCUT2D eigenvalue weighted by atomic mass is 10.3. The number of hydrogen-bond donors (Lipinski definition) is 0. The van der Waals surface area contributed by atoms with Gasteiger partial charge >= 0.3 is 0 Å². The largest absolute Gasteiger partial charge is 0.252 e. The third kappa shape index (κ3) is 1.93. The van der Waals surface area contributed by atoms with Gasteiger partial charge in [-0.25, -0.2) is 0 Å². The number of rotatable bonds is 3. The molecule has 60 valence electrons. The van der Waals surface area contributed by atoms with E-state index in [0.717, 1.165) is 5.69 Å². The molecule has 0 spiro atoms. The summed E-state index contributed by atoms with van der Waals surface area (Å²) in [5.41, 5.74) is 0.873. The molecule has 11 heavy (non-hydrogen) atoms. The van der Waals surface area contributed by atoms with Crippen molar-refractivity contribution in [3.05, 3.63) is 30.3 Å². The van der Waals surface area contributed by atoms with Crippen LogP contribution < -0.4 is 5.23 Å². The predicted octanol–water partition coefficient (Wildman–Crippen LogP) is 1.62. The van der Waals surface area contributed by atoms with Crippen molar-refractivity contribution < 1.29 is 9.68 Å². The fourth-order valence-corrected chi connectivity index (χ4v) is 0.835. The van der Waals surface area contributed by atoms with Crippen LogP contribution in [0.25, 0.3) is 0 Å². The molecule has 0 atom stereocenters. The zero-order chi connectivity index (χ0) is 8.10. The first-order chi connectivity index (χ1) is 5.38. The molecule has 0 aliphatic rings. The van der Waals surface area contributed by atoms with Gasteiger partial charge in [0.25, 0.3) is 0 Å². The highest BCUT2D eigenvalue weighted by Crippen LogP contribution is 2.11. The van der Waals surface area contributed by atoms with Gasteiger partial charge in [0.2, 0.25) is 0 Å². The lowest BCUT2D eigenvalue weighted by molar-refractivity contribution is -0.0433. The number of nitrogens with zero attached hydrogens (tertiary/aromatic N) is 1. The van der Waals surface area contributed by atoms with E-state index in [9.17, 15) is 0 Å². The fourth-order valence-electron chi connectivity index (χ4n) is 0.835. The highest BCUT2D eigenvalue weighted by Gasteiger charge is 2.00. The van der Waals surface area contributed by atoms with E-state index in [-0.39, 0.29) is 0 Å². The van der Waals surface area contributed by atoms with Gasteiger partial charge in [0.15, 0.2) is 0 Å². The Morgan fingerprint density at radius 3 is 2.00 bits per heavy atom. The van der Waals surface area contributed by atoms with Crippen LogP contribution in [0.4, 0.5) is 5.69 Å². The van der Waals surface area contributed by atoms with Crippen LogP contribution in [0, 0.1) is 0 Å². The minimum Gasteiger partial charge on any atom is -0.252 e. The Hall–Kier alpha value is -1.06. The van der Waals surface area contributed by atoms with Crippen molar-refractivity contribution >= 4 is 5.69 Å². The first-order valence-corrected chi connectivity index (χ1v) is 3.32. The second kappa shape index (κ2) is 3.95. The molecule has 0 aliphatic carbocycles. The van der Waals surface area contributed by atoms with Crippen LogP contribution >= 0.6 is 0 Å². The number of benzene rings is 1. The van der Waals surface area contributed by atoms with Gasteiger partial charge in [0.1, 0.15) is 0 Å². The minimum atomic E-state index is 0.873. The zero-order valence-electron chi connectivity index (χ0n) is 6.65. The van der Waals surface area contributed by atoms with E-state index >= 15 is 0 Å². The average molecular weight is 153 g/mol. The second-order valence-electron chi connectivity index (χ2n) is 1.96. The lowest BCUT2D eigenvalue weighted by Crippen LogP contribution is -2.19. The Balaban J connectivity index is 2.74. The molecule has 1 aromatic carbocycles. The molecule has 0 amide bonds. The molecule has 1 rings (SSSR count). The first kappa shape index (κ1) is 8.04. The molecule has 0 N–H and O–H groups in total. The Bertz CT molecular complexity index is 197. The molecule has 0 saturated carbocycles. The Kier molecular flexibility index (Phi) is 2.89. The quantitative estimate of drug-likeness (QED) is 0.616. The van der Waals surface area contributed by atoms with Crippen molar-refractivity contribution in [1.29, 1.82) is 0 Å². The van der Waals surface area contributed by atoms with Gasteiger partial charge in [-0.15, -0.1) is 5.23 Å². The van der Waals surface area contributed by atoms with E-state index in [2.05, 4.69) is 0 Å². The summed E-state index contributed by atoms with van der Waals surface area (Å²) in [4.78, 5) is 9.79. The summed E-state index contributed by atoms with van der Waals surface area (Å²) in [6, 6.07) is 9.56. The zero-order valence-corrected chi connectivity index (χ0v) is 6.65. The van der Waals surface area contributed by atoms with Gasteiger partial charge in [-0.1, -0.05) is 18.2 Å². The van der Waals surface area contributed by atoms with Crippen LogP contribution in [0.1, 0.15) is 0 Å². The molecular formula is C8H11NO2. The van der Waals surface area contributed by atoms with E-state index in [4.69, 9.17) is 9.68 Å². The lowest BCUT2D eigenvalue weighted by Gasteiger charge is -2.17. The van der Waals surface area contributed by atoms with Crippen LogP contribution in [-0.4, -0.2) is 14.2 Å². The Morgan fingerprint density at radius 1 is 1.00 bits per heavy atom. The Labute approximate surface area is 66.1 Å². The van der Waals surface area contributed by atoms with Crippen molar-refractivity contribution in [2.75, 3.05) is 19.4 Å². The fraction of sp³-hybridized carbons (Fsp3) is 0.250. The van der Waals surface area contributed by atoms with E-state index in [0.29, 0.717) is 0 Å². The van der Waals surface area contributed by atoms with Gasteiger partial charge in [-0.3, -0.25) is 9.68 Å². The molecule has 0 unspecified atom stereocenters. The topological polar surface area (TPSA) is 21.7 Å². The molecule has 0 saturated heterocycles. The summed E-state index contributed by atoms with van der Waals surface area (Å²) in [6.45, 7) is 0. The number of para-hydroxylation sites is 1. The normalized spacial score (nSPS) is 9.64. The predicted molar refractivity (Wildman–Crippen MR) is 42.9 cm³/mol. The third-order valence-corrected chi connectivity index (χ3v) is 1.30. The molecule has 3 nitrogen and oxygen atoms in total. The molecule has 0 fully saturated rings. The van der Waals surface area contributed by atoms with Crippen LogP contribution in [0.15, 0.2) is 30.3 Å². The molecule has 0 aliphatic heterocycles. The summed E-state index contributed by atoms with van der Waals surface area (Å²) in [7, 11) is 3.10. The monoisotopic (exact) mass is 153 g/mol. The summed E-state index contributed by atoms with van der Waals surface area (Å²) in [5, 5.41) is 1.33. The Morgan fingerprint density at radius 2 is 1.55 bits per heavy atom. The molecule has 3 heteroatoms. The number of anilines is 1. The summed E-state index contributed by atoms with van der Waals surface area (Å²) in [5.74, 6) is 0. The third-order valence-electron chi connectivity index (χ3n) is 1.30. The highest BCUT2D eigenvalue weighted by molar-refractivity contribution is 5.40. The SMILES string of the molecule is CON(OC)c1ccccc1. The summed E-state index contributed by atoms with van der Waals surface area (Å²) < 4.78 is 0. The molecule has 1 aromatic rings. The maximum atomic E-state index is 4.90. The summed E-state index contributed by atoms with van der Waals surface area (Å²) in [6.07, 6.45) is 0. The van der Waals surface area contributed by atoms with Crippen LogP contribution in [0.5, 0.6) is 0 Å². The maximum Gasteiger partial charge on any atom is 0.0947 e. The van der Waals surface area contributed by atoms with Crippen LogP contribution in [-0.2, 0) is 9.68 Å². The van der Waals surface area contributed by atoms with Gasteiger partial charge in [0.05, 0.1) is 19.9 Å². The van der Waals surface area contributed by atoms with Gasteiger partial charge < -0.3 is 0 Å². The van der Waals surface area contributed by atoms with Gasteiger partial charge in [-0.05, 0) is 12.1 Å². The van der Waals surface area contributed by atoms with Crippen LogP contribution in [0.2, 0.25) is 0 Å². The number of hydrogen-bond acceptors (Lipinski definition) is 3. The van der Waals surface area contributed by atoms with Crippen LogP contribution in [0.3, 0.4) is 0 Å². The molecular weight excluding hydrogens is 142 g/mol. The smallest absolute Gasteiger partial charge is 0.0947 e. The standard InChI is InChI=1S/C8H11NO2/c1-10-9(11-2)8-6-4-3-5-7-8/h3-7H,1-2H3. The minimum absolute atomic E-state index is 0.873. The highest BCUT2D eigenvalue weighted by atomic mass is 16.9. The average Bonchev–Trinajstić information content (AvgIpc) is 2.09. The molecule has 0 heterocycles. The van der Waals surface area contributed by atoms with Crippen molar-refractivity contribution in [3.63, 3.8) is 0 Å². The maximum absolute atomic E-state index is 4.90. The van der Waals surface area contributed by atoms with Gasteiger partial charge in [0, 0.05) is 0 Å². The van der Waals surface area contributed by atoms with E-state index in [1.54, 1.807) is 14.2 Å². The van der Waals surface area contributed by atoms with E-state index in [1.807, 2.05) is 30.3 Å². The van der Waals surface area contributed by atoms with Crippen molar-refractivity contribution in [3.8, 4) is 0 Å². The molecule has 0 bridgehead atoms. The van der Waals surface area contributed by atoms with E-state index in [1.165, 1.54) is 5.23 Å². The van der Waals surface area contributed by atoms with Crippen molar-refractivity contribution in [2.24, 2.45) is 0 Å². The van der Waals surface area contributed by atoms with Crippen molar-refractivity contribution in [1.82, 2.24) is 0 Å². The molecule has 0 radical (unpaired) electrons. The van der Waals surface area contributed by atoms with Crippen molar-refractivity contribution in [2.45, 2.75) is 0 Å².